The minimum atomic E-state index is 0.261. The third-order valence-corrected chi connectivity index (χ3v) is 3.09. The van der Waals surface area contributed by atoms with Gasteiger partial charge in [0.25, 0.3) is 0 Å². The first kappa shape index (κ1) is 14.1. The molecule has 0 atom stereocenters. The lowest BCUT2D eigenvalue weighted by Gasteiger charge is -2.02. The summed E-state index contributed by atoms with van der Waals surface area (Å²) in [6.07, 6.45) is 6.20. The Morgan fingerprint density at radius 3 is 2.73 bits per heavy atom. The Kier molecular flexibility index (Phi) is 4.04. The fraction of sp³-hybridized carbons (Fsp3) is 0.267. The fourth-order valence-corrected chi connectivity index (χ4v) is 1.87. The maximum atomic E-state index is 5.51. The maximum absolute atomic E-state index is 5.51. The van der Waals surface area contributed by atoms with Crippen LogP contribution in [0.2, 0.25) is 0 Å². The summed E-state index contributed by atoms with van der Waals surface area (Å²) in [5, 5.41) is 8.11. The van der Waals surface area contributed by atoms with Crippen molar-refractivity contribution >= 4 is 0 Å². The predicted octanol–water partition coefficient (Wildman–Crippen LogP) is 1.90. The van der Waals surface area contributed by atoms with Gasteiger partial charge in [0, 0.05) is 18.1 Å². The van der Waals surface area contributed by atoms with Gasteiger partial charge in [-0.3, -0.25) is 0 Å². The number of aryl methyl sites for hydroxylation is 2. The summed E-state index contributed by atoms with van der Waals surface area (Å²) in [6.45, 7) is 4.25. The van der Waals surface area contributed by atoms with Gasteiger partial charge < -0.3 is 4.74 Å². The highest BCUT2D eigenvalue weighted by Crippen LogP contribution is 2.08. The summed E-state index contributed by atoms with van der Waals surface area (Å²) >= 11 is 0. The van der Waals surface area contributed by atoms with Crippen LogP contribution in [0.25, 0.3) is 5.82 Å². The second kappa shape index (κ2) is 6.30. The average Bonchev–Trinajstić information content (AvgIpc) is 3.02. The van der Waals surface area contributed by atoms with E-state index in [9.17, 15) is 0 Å². The molecule has 7 heteroatoms. The van der Waals surface area contributed by atoms with Gasteiger partial charge in [0.2, 0.25) is 0 Å². The normalized spacial score (nSPS) is 10.6. The summed E-state index contributed by atoms with van der Waals surface area (Å²) < 4.78 is 7.12. The molecule has 0 aliphatic carbocycles. The van der Waals surface area contributed by atoms with Gasteiger partial charge in [0.15, 0.2) is 5.82 Å². The Bertz CT molecular complexity index is 753. The zero-order chi connectivity index (χ0) is 15.4. The highest BCUT2D eigenvalue weighted by molar-refractivity contribution is 5.23. The van der Waals surface area contributed by atoms with Crippen LogP contribution in [0.15, 0.2) is 36.8 Å². The van der Waals surface area contributed by atoms with Crippen LogP contribution in [0.1, 0.15) is 23.9 Å². The summed E-state index contributed by atoms with van der Waals surface area (Å²) in [7, 11) is 0. The van der Waals surface area contributed by atoms with Gasteiger partial charge in [-0.2, -0.15) is 0 Å². The molecule has 0 radical (unpaired) electrons. The molecule has 0 N–H and O–H groups in total. The van der Waals surface area contributed by atoms with Gasteiger partial charge in [-0.05, 0) is 31.0 Å². The van der Waals surface area contributed by atoms with Crippen molar-refractivity contribution in [2.24, 2.45) is 0 Å². The molecule has 0 bridgehead atoms. The molecule has 3 aromatic heterocycles. The number of hydrogen-bond acceptors (Lipinski definition) is 6. The molecule has 0 spiro atoms. The Balaban J connectivity index is 1.66. The molecule has 0 unspecified atom stereocenters. The number of pyridine rings is 1. The zero-order valence-corrected chi connectivity index (χ0v) is 12.5. The van der Waals surface area contributed by atoms with Gasteiger partial charge in [0.1, 0.15) is 12.3 Å². The number of hydrogen-bond donors (Lipinski definition) is 0. The lowest BCUT2D eigenvalue weighted by atomic mass is 10.3. The van der Waals surface area contributed by atoms with E-state index >= 15 is 0 Å². The van der Waals surface area contributed by atoms with Crippen molar-refractivity contribution in [3.63, 3.8) is 0 Å². The number of ether oxygens (including phenoxy) is 1. The van der Waals surface area contributed by atoms with Crippen LogP contribution in [0, 0.1) is 6.92 Å². The molecule has 0 aliphatic rings. The van der Waals surface area contributed by atoms with Crippen LogP contribution in [-0.2, 0) is 13.0 Å². The molecule has 0 aliphatic heterocycles. The summed E-state index contributed by atoms with van der Waals surface area (Å²) in [5.74, 6) is 0.724. The molecule has 0 saturated carbocycles. The first-order valence-corrected chi connectivity index (χ1v) is 7.03. The molecule has 112 valence electrons. The highest BCUT2D eigenvalue weighted by Gasteiger charge is 2.06. The Hall–Kier alpha value is -2.83. The van der Waals surface area contributed by atoms with Gasteiger partial charge in [0.05, 0.1) is 6.20 Å². The van der Waals surface area contributed by atoms with Crippen molar-refractivity contribution < 1.29 is 4.74 Å². The topological polar surface area (TPSA) is 78.6 Å². The molecule has 0 saturated heterocycles. The lowest BCUT2D eigenvalue weighted by molar-refractivity contribution is 0.276. The summed E-state index contributed by atoms with van der Waals surface area (Å²) in [4.78, 5) is 12.7. The Labute approximate surface area is 128 Å². The second-order valence-electron chi connectivity index (χ2n) is 4.81. The summed E-state index contributed by atoms with van der Waals surface area (Å²) in [6, 6.07) is 6.07. The molecule has 3 aromatic rings. The van der Waals surface area contributed by atoms with Crippen molar-refractivity contribution in [1.82, 2.24) is 29.9 Å². The molecule has 0 amide bonds. The summed E-state index contributed by atoms with van der Waals surface area (Å²) in [5.41, 5.74) is 2.69. The van der Waals surface area contributed by atoms with Crippen molar-refractivity contribution in [2.45, 2.75) is 26.9 Å². The molecular weight excluding hydrogens is 280 g/mol. The molecule has 7 nitrogen and oxygen atoms in total. The van der Waals surface area contributed by atoms with E-state index < -0.39 is 0 Å². The standard InChI is InChI=1S/C15H16N6O/c1-3-12-7-16-15(17-8-12)22-10-13-9-21(20-19-13)14-6-4-5-11(2)18-14/h4-9H,3,10H2,1-2H3. The first-order valence-electron chi connectivity index (χ1n) is 7.03. The van der Waals surface area contributed by atoms with Crippen LogP contribution in [0.4, 0.5) is 0 Å². The van der Waals surface area contributed by atoms with E-state index in [2.05, 4.69) is 32.2 Å². The van der Waals surface area contributed by atoms with Gasteiger partial charge in [-0.25, -0.2) is 19.6 Å². The molecule has 22 heavy (non-hydrogen) atoms. The third-order valence-electron chi connectivity index (χ3n) is 3.09. The van der Waals surface area contributed by atoms with E-state index in [4.69, 9.17) is 4.74 Å². The van der Waals surface area contributed by atoms with Crippen LogP contribution in [0.3, 0.4) is 0 Å². The van der Waals surface area contributed by atoms with Crippen LogP contribution < -0.4 is 4.74 Å². The Morgan fingerprint density at radius 1 is 1.18 bits per heavy atom. The lowest BCUT2D eigenvalue weighted by Crippen LogP contribution is -2.00. The monoisotopic (exact) mass is 296 g/mol. The van der Waals surface area contributed by atoms with Gasteiger partial charge in [-0.15, -0.1) is 5.10 Å². The van der Waals surface area contributed by atoms with Crippen molar-refractivity contribution in [1.29, 1.82) is 0 Å². The van der Waals surface area contributed by atoms with E-state index in [-0.39, 0.29) is 6.61 Å². The van der Waals surface area contributed by atoms with E-state index in [1.807, 2.05) is 25.1 Å². The van der Waals surface area contributed by atoms with Gasteiger partial charge >= 0.3 is 6.01 Å². The largest absolute Gasteiger partial charge is 0.457 e. The van der Waals surface area contributed by atoms with E-state index in [0.29, 0.717) is 11.7 Å². The first-order chi connectivity index (χ1) is 10.7. The molecule has 3 rings (SSSR count). The van der Waals surface area contributed by atoms with Crippen molar-refractivity contribution in [3.05, 3.63) is 53.7 Å². The van der Waals surface area contributed by atoms with Gasteiger partial charge in [-0.1, -0.05) is 18.2 Å². The molecule has 3 heterocycles. The van der Waals surface area contributed by atoms with Crippen LogP contribution in [0.5, 0.6) is 6.01 Å². The van der Waals surface area contributed by atoms with E-state index in [1.54, 1.807) is 23.3 Å². The maximum Gasteiger partial charge on any atom is 0.316 e. The minimum Gasteiger partial charge on any atom is -0.457 e. The third kappa shape index (κ3) is 3.25. The van der Waals surface area contributed by atoms with E-state index in [1.165, 1.54) is 0 Å². The quantitative estimate of drug-likeness (QED) is 0.715. The number of aromatic nitrogens is 6. The zero-order valence-electron chi connectivity index (χ0n) is 12.5. The molecule has 0 fully saturated rings. The minimum absolute atomic E-state index is 0.261. The average molecular weight is 296 g/mol. The second-order valence-corrected chi connectivity index (χ2v) is 4.81. The van der Waals surface area contributed by atoms with Crippen molar-refractivity contribution in [2.75, 3.05) is 0 Å². The molecule has 0 aromatic carbocycles. The number of nitrogens with zero attached hydrogens (tertiary/aromatic N) is 6. The SMILES string of the molecule is CCc1cnc(OCc2cn(-c3cccc(C)n3)nn2)nc1. The number of rotatable bonds is 5. The highest BCUT2D eigenvalue weighted by atomic mass is 16.5. The van der Waals surface area contributed by atoms with Crippen molar-refractivity contribution in [3.8, 4) is 11.8 Å². The van der Waals surface area contributed by atoms with Crippen LogP contribution in [-0.4, -0.2) is 29.9 Å². The molecular formula is C15H16N6O. The van der Waals surface area contributed by atoms with Crippen LogP contribution >= 0.6 is 0 Å². The smallest absolute Gasteiger partial charge is 0.316 e. The fourth-order valence-electron chi connectivity index (χ4n) is 1.87. The van der Waals surface area contributed by atoms with E-state index in [0.717, 1.165) is 23.5 Å². The predicted molar refractivity (Wildman–Crippen MR) is 79.6 cm³/mol. The Morgan fingerprint density at radius 2 is 2.00 bits per heavy atom.